The van der Waals surface area contributed by atoms with Crippen LogP contribution in [0.15, 0.2) is 53.4 Å². The summed E-state index contributed by atoms with van der Waals surface area (Å²) >= 11 is 5.88. The van der Waals surface area contributed by atoms with E-state index in [9.17, 15) is 18.0 Å². The molecule has 0 fully saturated rings. The van der Waals surface area contributed by atoms with Gasteiger partial charge in [-0.3, -0.25) is 9.59 Å². The average molecular weight is 524 g/mol. The lowest BCUT2D eigenvalue weighted by Gasteiger charge is -2.32. The van der Waals surface area contributed by atoms with Crippen LogP contribution in [0, 0.1) is 0 Å². The van der Waals surface area contributed by atoms with Gasteiger partial charge in [0.15, 0.2) is 0 Å². The van der Waals surface area contributed by atoms with Crippen molar-refractivity contribution in [3.63, 3.8) is 0 Å². The molecule has 0 saturated carbocycles. The second-order valence-electron chi connectivity index (χ2n) is 8.16. The summed E-state index contributed by atoms with van der Waals surface area (Å²) in [6.07, 6.45) is 2.13. The molecular formula is C25H34ClN3O5S. The molecular weight excluding hydrogens is 490 g/mol. The maximum Gasteiger partial charge on any atom is 0.243 e. The van der Waals surface area contributed by atoms with Crippen LogP contribution in [0.3, 0.4) is 0 Å². The number of hydrogen-bond donors (Lipinski definition) is 1. The van der Waals surface area contributed by atoms with Gasteiger partial charge in [0.25, 0.3) is 0 Å². The Bertz CT molecular complexity index is 1090. The van der Waals surface area contributed by atoms with Crippen LogP contribution >= 0.6 is 11.6 Å². The van der Waals surface area contributed by atoms with Crippen LogP contribution in [0.4, 0.5) is 0 Å². The Hall–Kier alpha value is -2.62. The van der Waals surface area contributed by atoms with Crippen LogP contribution < -0.4 is 10.1 Å². The van der Waals surface area contributed by atoms with E-state index in [1.54, 1.807) is 25.3 Å². The van der Waals surface area contributed by atoms with Crippen LogP contribution in [-0.4, -0.2) is 62.7 Å². The summed E-state index contributed by atoms with van der Waals surface area (Å²) in [4.78, 5) is 27.9. The average Bonchev–Trinajstić information content (AvgIpc) is 2.84. The first-order chi connectivity index (χ1) is 16.6. The number of ether oxygens (including phenoxy) is 1. The van der Waals surface area contributed by atoms with Gasteiger partial charge in [0.2, 0.25) is 21.8 Å². The standard InChI is InChI=1S/C25H34ClN3O5S/c1-5-7-15-27-25(31)23(6-2)29(17-19-9-8-10-21(16-19)34-4)24(30)18-28(3)35(32,33)22-13-11-20(26)12-14-22/h8-14,16,23H,5-7,15,17-18H2,1-4H3,(H,27,31). The third-order valence-electron chi connectivity index (χ3n) is 5.58. The van der Waals surface area contributed by atoms with E-state index in [0.29, 0.717) is 23.7 Å². The summed E-state index contributed by atoms with van der Waals surface area (Å²) in [6, 6.07) is 12.2. The molecule has 10 heteroatoms. The van der Waals surface area contributed by atoms with Crippen molar-refractivity contribution >= 4 is 33.4 Å². The number of rotatable bonds is 13. The van der Waals surface area contributed by atoms with Crippen molar-refractivity contribution in [2.24, 2.45) is 0 Å². The minimum Gasteiger partial charge on any atom is -0.497 e. The Labute approximate surface area is 213 Å². The minimum absolute atomic E-state index is 0.0286. The zero-order chi connectivity index (χ0) is 26.0. The maximum atomic E-state index is 13.5. The number of benzene rings is 2. The van der Waals surface area contributed by atoms with Crippen molar-refractivity contribution in [3.8, 4) is 5.75 Å². The lowest BCUT2D eigenvalue weighted by atomic mass is 10.1. The molecule has 0 aliphatic carbocycles. The molecule has 0 saturated heterocycles. The molecule has 2 aromatic rings. The second kappa shape index (κ2) is 13.5. The molecule has 0 aromatic heterocycles. The third-order valence-corrected chi connectivity index (χ3v) is 7.65. The summed E-state index contributed by atoms with van der Waals surface area (Å²) in [6.45, 7) is 4.07. The molecule has 2 rings (SSSR count). The van der Waals surface area contributed by atoms with Crippen LogP contribution in [-0.2, 0) is 26.2 Å². The Morgan fingerprint density at radius 2 is 1.80 bits per heavy atom. The Balaban J connectivity index is 2.31. The van der Waals surface area contributed by atoms with E-state index in [2.05, 4.69) is 5.32 Å². The summed E-state index contributed by atoms with van der Waals surface area (Å²) in [5, 5.41) is 3.30. The number of nitrogens with zero attached hydrogens (tertiary/aromatic N) is 2. The van der Waals surface area contributed by atoms with Gasteiger partial charge in [-0.15, -0.1) is 0 Å². The van der Waals surface area contributed by atoms with Gasteiger partial charge in [0.1, 0.15) is 11.8 Å². The highest BCUT2D eigenvalue weighted by molar-refractivity contribution is 7.89. The third kappa shape index (κ3) is 7.95. The molecule has 0 bridgehead atoms. The van der Waals surface area contributed by atoms with Crippen LogP contribution in [0.2, 0.25) is 5.02 Å². The van der Waals surface area contributed by atoms with E-state index in [1.165, 1.54) is 36.2 Å². The summed E-state index contributed by atoms with van der Waals surface area (Å²) in [5.41, 5.74) is 0.765. The predicted molar refractivity (Wildman–Crippen MR) is 137 cm³/mol. The van der Waals surface area contributed by atoms with Gasteiger partial charge in [-0.1, -0.05) is 44.0 Å². The number of hydrogen-bond acceptors (Lipinski definition) is 5. The van der Waals surface area contributed by atoms with Crippen LogP contribution in [0.25, 0.3) is 0 Å². The van der Waals surface area contributed by atoms with E-state index in [0.717, 1.165) is 22.7 Å². The fourth-order valence-electron chi connectivity index (χ4n) is 3.55. The number of sulfonamides is 1. The van der Waals surface area contributed by atoms with E-state index in [1.807, 2.05) is 19.9 Å². The molecule has 1 N–H and O–H groups in total. The van der Waals surface area contributed by atoms with Crippen molar-refractivity contribution in [2.75, 3.05) is 27.2 Å². The maximum absolute atomic E-state index is 13.5. The zero-order valence-electron chi connectivity index (χ0n) is 20.7. The van der Waals surface area contributed by atoms with Gasteiger partial charge in [-0.25, -0.2) is 8.42 Å². The summed E-state index contributed by atoms with van der Waals surface area (Å²) in [5.74, 6) is -0.122. The van der Waals surface area contributed by atoms with Gasteiger partial charge in [-0.2, -0.15) is 4.31 Å². The van der Waals surface area contributed by atoms with E-state index >= 15 is 0 Å². The molecule has 2 amide bonds. The van der Waals surface area contributed by atoms with Crippen molar-refractivity contribution in [1.82, 2.24) is 14.5 Å². The van der Waals surface area contributed by atoms with Gasteiger partial charge in [0.05, 0.1) is 18.6 Å². The van der Waals surface area contributed by atoms with Crippen molar-refractivity contribution in [3.05, 3.63) is 59.1 Å². The van der Waals surface area contributed by atoms with Crippen molar-refractivity contribution in [2.45, 2.75) is 50.6 Å². The molecule has 1 atom stereocenters. The first-order valence-electron chi connectivity index (χ1n) is 11.6. The van der Waals surface area contributed by atoms with Gasteiger partial charge >= 0.3 is 0 Å². The molecule has 0 radical (unpaired) electrons. The molecule has 0 spiro atoms. The number of nitrogens with one attached hydrogen (secondary N) is 1. The zero-order valence-corrected chi connectivity index (χ0v) is 22.2. The molecule has 35 heavy (non-hydrogen) atoms. The number of carbonyl (C=O) groups excluding carboxylic acids is 2. The molecule has 8 nitrogen and oxygen atoms in total. The van der Waals surface area contributed by atoms with Gasteiger partial charge in [-0.05, 0) is 54.8 Å². The van der Waals surface area contributed by atoms with E-state index in [-0.39, 0.29) is 17.3 Å². The fraction of sp³-hybridized carbons (Fsp3) is 0.440. The number of carbonyl (C=O) groups is 2. The van der Waals surface area contributed by atoms with Crippen LogP contribution in [0.1, 0.15) is 38.7 Å². The molecule has 1 unspecified atom stereocenters. The fourth-order valence-corrected chi connectivity index (χ4v) is 4.79. The Morgan fingerprint density at radius 3 is 2.40 bits per heavy atom. The lowest BCUT2D eigenvalue weighted by molar-refractivity contribution is -0.141. The lowest BCUT2D eigenvalue weighted by Crippen LogP contribution is -2.51. The monoisotopic (exact) mass is 523 g/mol. The highest BCUT2D eigenvalue weighted by Crippen LogP contribution is 2.20. The topological polar surface area (TPSA) is 96.0 Å². The van der Waals surface area contributed by atoms with Gasteiger partial charge in [0, 0.05) is 25.2 Å². The van der Waals surface area contributed by atoms with Crippen molar-refractivity contribution in [1.29, 1.82) is 0 Å². The first kappa shape index (κ1) is 28.6. The first-order valence-corrected chi connectivity index (χ1v) is 13.4. The highest BCUT2D eigenvalue weighted by atomic mass is 35.5. The van der Waals surface area contributed by atoms with Crippen LogP contribution in [0.5, 0.6) is 5.75 Å². The van der Waals surface area contributed by atoms with E-state index < -0.39 is 28.5 Å². The summed E-state index contributed by atoms with van der Waals surface area (Å²) in [7, 11) is -1.04. The smallest absolute Gasteiger partial charge is 0.243 e. The molecule has 0 heterocycles. The quantitative estimate of drug-likeness (QED) is 0.404. The number of likely N-dealkylation sites (N-methyl/N-ethyl adjacent to an activating group) is 1. The number of halogens is 1. The largest absolute Gasteiger partial charge is 0.497 e. The predicted octanol–water partition coefficient (Wildman–Crippen LogP) is 3.69. The SMILES string of the molecule is CCCCNC(=O)C(CC)N(Cc1cccc(OC)c1)C(=O)CN(C)S(=O)(=O)c1ccc(Cl)cc1. The molecule has 0 aliphatic heterocycles. The second-order valence-corrected chi connectivity index (χ2v) is 10.6. The normalized spacial score (nSPS) is 12.3. The molecule has 2 aromatic carbocycles. The highest BCUT2D eigenvalue weighted by Gasteiger charge is 2.31. The molecule has 0 aliphatic rings. The number of amides is 2. The number of methoxy groups -OCH3 is 1. The minimum atomic E-state index is -3.93. The van der Waals surface area contributed by atoms with E-state index in [4.69, 9.17) is 16.3 Å². The summed E-state index contributed by atoms with van der Waals surface area (Å²) < 4.78 is 32.3. The van der Waals surface area contributed by atoms with Crippen molar-refractivity contribution < 1.29 is 22.7 Å². The molecule has 192 valence electrons. The van der Waals surface area contributed by atoms with Gasteiger partial charge < -0.3 is 15.0 Å². The Kier molecular flexibility index (Phi) is 11.0. The number of unbranched alkanes of at least 4 members (excludes halogenated alkanes) is 1. The Morgan fingerprint density at radius 1 is 1.11 bits per heavy atom.